The zero-order chi connectivity index (χ0) is 26.4. The van der Waals surface area contributed by atoms with Gasteiger partial charge < -0.3 is 29.7 Å². The number of aromatic nitrogens is 3. The molecule has 0 aliphatic carbocycles. The number of hydrogen-bond donors (Lipinski definition) is 3. The number of carbonyl (C=O) groups is 1. The number of rotatable bonds is 11. The van der Waals surface area contributed by atoms with Crippen molar-refractivity contribution in [1.29, 1.82) is 0 Å². The lowest BCUT2D eigenvalue weighted by molar-refractivity contribution is -0.124. The van der Waals surface area contributed by atoms with E-state index >= 15 is 0 Å². The summed E-state index contributed by atoms with van der Waals surface area (Å²) in [5, 5.41) is 25.5. The van der Waals surface area contributed by atoms with E-state index in [4.69, 9.17) is 19.4 Å². The lowest BCUT2D eigenvalue weighted by atomic mass is 10.0. The molecule has 0 radical (unpaired) electrons. The van der Waals surface area contributed by atoms with E-state index < -0.39 is 18.6 Å². The van der Waals surface area contributed by atoms with Crippen LogP contribution in [0.25, 0.3) is 22.8 Å². The molecule has 1 fully saturated rings. The highest BCUT2D eigenvalue weighted by molar-refractivity contribution is 5.76. The van der Waals surface area contributed by atoms with Gasteiger partial charge in [0.15, 0.2) is 0 Å². The maximum absolute atomic E-state index is 11.2. The largest absolute Gasteiger partial charge is 0.490 e. The van der Waals surface area contributed by atoms with Gasteiger partial charge in [0.05, 0.1) is 5.56 Å². The third-order valence-electron chi connectivity index (χ3n) is 6.49. The van der Waals surface area contributed by atoms with Crippen molar-refractivity contribution in [3.05, 3.63) is 41.1 Å². The number of hydrogen-bond acceptors (Lipinski definition) is 9. The summed E-state index contributed by atoms with van der Waals surface area (Å²) in [5.74, 6) is 2.08. The molecule has 0 bridgehead atoms. The second-order valence-corrected chi connectivity index (χ2v) is 9.24. The van der Waals surface area contributed by atoms with Crippen LogP contribution in [-0.4, -0.2) is 70.2 Å². The van der Waals surface area contributed by atoms with Gasteiger partial charge >= 0.3 is 0 Å². The van der Waals surface area contributed by atoms with Crippen LogP contribution in [0.3, 0.4) is 0 Å². The van der Waals surface area contributed by atoms with Gasteiger partial charge in [0, 0.05) is 31.4 Å². The fraction of sp³-hybridized carbons (Fsp3) is 0.481. The first kappa shape index (κ1) is 26.6. The van der Waals surface area contributed by atoms with Crippen LogP contribution >= 0.6 is 0 Å². The van der Waals surface area contributed by atoms with E-state index in [1.54, 1.807) is 6.20 Å². The Kier molecular flexibility index (Phi) is 8.73. The van der Waals surface area contributed by atoms with Crippen molar-refractivity contribution < 1.29 is 24.3 Å². The van der Waals surface area contributed by atoms with Crippen molar-refractivity contribution in [3.8, 4) is 28.6 Å². The van der Waals surface area contributed by atoms with Crippen molar-refractivity contribution in [2.45, 2.75) is 52.6 Å². The van der Waals surface area contributed by atoms with E-state index in [1.165, 1.54) is 18.4 Å². The first-order valence-corrected chi connectivity index (χ1v) is 12.8. The number of amides is 1. The highest BCUT2D eigenvalue weighted by Gasteiger charge is 2.20. The van der Waals surface area contributed by atoms with Crippen molar-refractivity contribution in [1.82, 2.24) is 20.4 Å². The molecule has 10 heteroatoms. The average Bonchev–Trinajstić information content (AvgIpc) is 3.63. The third-order valence-corrected chi connectivity index (χ3v) is 6.49. The van der Waals surface area contributed by atoms with Crippen LogP contribution in [0, 0.1) is 6.92 Å². The van der Waals surface area contributed by atoms with Crippen LogP contribution < -0.4 is 15.0 Å². The fourth-order valence-electron chi connectivity index (χ4n) is 4.52. The van der Waals surface area contributed by atoms with E-state index in [9.17, 15) is 9.90 Å². The zero-order valence-electron chi connectivity index (χ0n) is 21.7. The number of nitrogens with zero attached hydrogens (tertiary/aromatic N) is 4. The number of pyridine rings is 1. The number of aryl methyl sites for hydroxylation is 3. The summed E-state index contributed by atoms with van der Waals surface area (Å²) in [4.78, 5) is 22.9. The lowest BCUT2D eigenvalue weighted by Crippen LogP contribution is -2.36. The van der Waals surface area contributed by atoms with E-state index in [2.05, 4.69) is 33.3 Å². The fourth-order valence-corrected chi connectivity index (χ4v) is 4.52. The predicted octanol–water partition coefficient (Wildman–Crippen LogP) is 2.68. The highest BCUT2D eigenvalue weighted by atomic mass is 16.5. The zero-order valence-corrected chi connectivity index (χ0v) is 21.7. The molecule has 0 spiro atoms. The Labute approximate surface area is 216 Å². The minimum Gasteiger partial charge on any atom is -0.490 e. The Bertz CT molecular complexity index is 1220. The van der Waals surface area contributed by atoms with Gasteiger partial charge in [-0.15, -0.1) is 0 Å². The Morgan fingerprint density at radius 1 is 1.16 bits per heavy atom. The van der Waals surface area contributed by atoms with Gasteiger partial charge in [-0.1, -0.05) is 19.0 Å². The van der Waals surface area contributed by atoms with E-state index in [0.717, 1.165) is 47.6 Å². The third kappa shape index (κ3) is 6.26. The van der Waals surface area contributed by atoms with Crippen LogP contribution in [0.1, 0.15) is 43.4 Å². The number of aliphatic hydroxyl groups excluding tert-OH is 2. The summed E-state index contributed by atoms with van der Waals surface area (Å²) in [6.07, 6.45) is 4.87. The molecule has 1 unspecified atom stereocenters. The number of benzene rings is 1. The second-order valence-electron chi connectivity index (χ2n) is 9.24. The number of aliphatic hydroxyl groups is 2. The molecular weight excluding hydrogens is 474 g/mol. The van der Waals surface area contributed by atoms with Crippen molar-refractivity contribution in [3.63, 3.8) is 0 Å². The summed E-state index contributed by atoms with van der Waals surface area (Å²) in [5.41, 5.74) is 4.59. The topological polar surface area (TPSA) is 134 Å². The van der Waals surface area contributed by atoms with Crippen LogP contribution in [-0.2, 0) is 17.6 Å². The highest BCUT2D eigenvalue weighted by Crippen LogP contribution is 2.32. The van der Waals surface area contributed by atoms with E-state index in [1.807, 2.05) is 26.0 Å². The molecule has 2 aromatic heterocycles. The maximum Gasteiger partial charge on any atom is 0.259 e. The van der Waals surface area contributed by atoms with Gasteiger partial charge in [0.1, 0.15) is 30.9 Å². The molecule has 1 atom stereocenters. The molecule has 198 valence electrons. The molecule has 1 saturated heterocycles. The van der Waals surface area contributed by atoms with Gasteiger partial charge in [-0.2, -0.15) is 4.98 Å². The van der Waals surface area contributed by atoms with Crippen molar-refractivity contribution in [2.75, 3.05) is 37.7 Å². The molecular formula is C27H35N5O5. The normalized spacial score (nSPS) is 14.1. The molecule has 0 saturated carbocycles. The van der Waals surface area contributed by atoms with Crippen LogP contribution in [0.15, 0.2) is 28.9 Å². The monoisotopic (exact) mass is 509 g/mol. The number of carbonyl (C=O) groups excluding carboxylic acids is 1. The van der Waals surface area contributed by atoms with Crippen molar-refractivity contribution >= 4 is 11.7 Å². The summed E-state index contributed by atoms with van der Waals surface area (Å²) in [6.45, 7) is 7.54. The maximum atomic E-state index is 11.2. The Balaban J connectivity index is 1.50. The van der Waals surface area contributed by atoms with Gasteiger partial charge in [0.25, 0.3) is 5.89 Å². The predicted molar refractivity (Wildman–Crippen MR) is 140 cm³/mol. The number of nitrogens with one attached hydrogen (secondary N) is 1. The standard InChI is InChI=1S/C27H35N5O5/c1-4-18-11-20(10-17(3)24(18)36-16-22(34)14-28-23(35)15-33)25-30-27(37-31-25)21-12-19(5-2)26(29-13-21)32-8-6-7-9-32/h10-13,22,33-34H,4-9,14-16H2,1-3H3,(H,28,35). The van der Waals surface area contributed by atoms with Crippen LogP contribution in [0.5, 0.6) is 5.75 Å². The lowest BCUT2D eigenvalue weighted by Gasteiger charge is -2.19. The summed E-state index contributed by atoms with van der Waals surface area (Å²) >= 11 is 0. The van der Waals surface area contributed by atoms with Gasteiger partial charge in [-0.25, -0.2) is 4.98 Å². The van der Waals surface area contributed by atoms with Gasteiger partial charge in [0.2, 0.25) is 11.7 Å². The number of anilines is 1. The first-order chi connectivity index (χ1) is 17.9. The molecule has 1 aliphatic rings. The molecule has 4 rings (SSSR count). The van der Waals surface area contributed by atoms with E-state index in [0.29, 0.717) is 23.9 Å². The summed E-state index contributed by atoms with van der Waals surface area (Å²) in [6, 6.07) is 5.98. The van der Waals surface area contributed by atoms with Crippen LogP contribution in [0.4, 0.5) is 5.82 Å². The number of ether oxygens (including phenoxy) is 1. The minimum absolute atomic E-state index is 0.00275. The van der Waals surface area contributed by atoms with Crippen molar-refractivity contribution in [2.24, 2.45) is 0 Å². The average molecular weight is 510 g/mol. The molecule has 37 heavy (non-hydrogen) atoms. The van der Waals surface area contributed by atoms with Gasteiger partial charge in [-0.05, 0) is 67.5 Å². The summed E-state index contributed by atoms with van der Waals surface area (Å²) in [7, 11) is 0. The second kappa shape index (κ2) is 12.2. The Morgan fingerprint density at radius 2 is 1.89 bits per heavy atom. The molecule has 1 aromatic carbocycles. The molecule has 1 aliphatic heterocycles. The Hall–Kier alpha value is -3.50. The smallest absolute Gasteiger partial charge is 0.259 e. The molecule has 1 amide bonds. The molecule has 3 N–H and O–H groups in total. The Morgan fingerprint density at radius 3 is 2.59 bits per heavy atom. The SMILES string of the molecule is CCc1cc(-c2nc(-c3cc(C)c(OCC(O)CNC(=O)CO)c(CC)c3)no2)cnc1N1CCCC1. The summed E-state index contributed by atoms with van der Waals surface area (Å²) < 4.78 is 11.5. The van der Waals surface area contributed by atoms with E-state index in [-0.39, 0.29) is 13.2 Å². The minimum atomic E-state index is -0.905. The quantitative estimate of drug-likeness (QED) is 0.357. The van der Waals surface area contributed by atoms with Gasteiger partial charge in [-0.3, -0.25) is 4.79 Å². The van der Waals surface area contributed by atoms with Crippen LogP contribution in [0.2, 0.25) is 0 Å². The molecule has 3 heterocycles. The molecule has 10 nitrogen and oxygen atoms in total. The molecule has 3 aromatic rings. The first-order valence-electron chi connectivity index (χ1n) is 12.8.